The molecule has 81 heavy (non-hydrogen) atoms. The second kappa shape index (κ2) is 34.3. The lowest BCUT2D eigenvalue weighted by atomic mass is 9.84. The van der Waals surface area contributed by atoms with Crippen molar-refractivity contribution in [1.82, 2.24) is 50.4 Å². The van der Waals surface area contributed by atoms with Gasteiger partial charge in [0.15, 0.2) is 0 Å². The molecule has 0 bridgehead atoms. The van der Waals surface area contributed by atoms with Gasteiger partial charge in [0.05, 0.1) is 131 Å². The molecule has 2 N–H and O–H groups in total. The maximum Gasteiger partial charge on any atom is 0.314 e. The van der Waals surface area contributed by atoms with Crippen LogP contribution in [0.4, 0.5) is 4.79 Å². The Kier molecular flexibility index (Phi) is 27.1. The van der Waals surface area contributed by atoms with Gasteiger partial charge in [-0.2, -0.15) is 0 Å². The third-order valence-corrected chi connectivity index (χ3v) is 14.6. The zero-order chi connectivity index (χ0) is 55.9. The van der Waals surface area contributed by atoms with Crippen LogP contribution in [0.2, 0.25) is 20.1 Å². The first-order valence-electron chi connectivity index (χ1n) is 27.0. The molecule has 0 saturated carbocycles. The molecule has 0 aliphatic carbocycles. The highest BCUT2D eigenvalue weighted by atomic mass is 35.5. The van der Waals surface area contributed by atoms with E-state index in [0.29, 0.717) is 152 Å². The average molecular weight is 1220 g/mol. The molecule has 4 aromatic carbocycles. The lowest BCUT2D eigenvalue weighted by Crippen LogP contribution is -2.39. The molecule has 8 rings (SSSR count). The topological polar surface area (TPSA) is 183 Å². The Hall–Kier alpha value is -4.52. The van der Waals surface area contributed by atoms with Crippen LogP contribution in [0.3, 0.4) is 0 Å². The zero-order valence-corrected chi connectivity index (χ0v) is 49.7. The second-order valence-corrected chi connectivity index (χ2v) is 21.2. The van der Waals surface area contributed by atoms with Gasteiger partial charge in [0.1, 0.15) is 11.4 Å². The van der Waals surface area contributed by atoms with Crippen LogP contribution >= 0.6 is 58.8 Å². The van der Waals surface area contributed by atoms with Crippen LogP contribution in [0.15, 0.2) is 85.2 Å². The first-order valence-corrected chi connectivity index (χ1v) is 28.6. The minimum Gasteiger partial charge on any atom is -0.377 e. The molecule has 0 fully saturated rings. The number of carbonyl (C=O) groups is 1. The molecule has 440 valence electrons. The normalized spacial score (nSPS) is 15.3. The Morgan fingerprint density at radius 1 is 0.506 bits per heavy atom. The number of ether oxygens (including phenoxy) is 8. The molecule has 0 unspecified atom stereocenters. The lowest BCUT2D eigenvalue weighted by Gasteiger charge is -2.33. The van der Waals surface area contributed by atoms with Crippen molar-refractivity contribution >= 4 is 64.8 Å². The summed E-state index contributed by atoms with van der Waals surface area (Å²) in [6.07, 6.45) is 3.87. The van der Waals surface area contributed by atoms with Crippen molar-refractivity contribution in [1.29, 1.82) is 0 Å². The molecular formula is C57H73Cl5N10O9. The molecule has 2 atom stereocenters. The predicted molar refractivity (Wildman–Crippen MR) is 315 cm³/mol. The van der Waals surface area contributed by atoms with E-state index in [1.165, 1.54) is 22.3 Å². The van der Waals surface area contributed by atoms with E-state index in [4.69, 9.17) is 84.3 Å². The summed E-state index contributed by atoms with van der Waals surface area (Å²) in [6.45, 7) is 12.1. The number of carbonyl (C=O) groups excluding carboxylic acids is 1. The molecule has 2 aliphatic rings. The number of amides is 2. The fourth-order valence-corrected chi connectivity index (χ4v) is 10.7. The summed E-state index contributed by atoms with van der Waals surface area (Å²) >= 11 is 26.0. The van der Waals surface area contributed by atoms with Crippen molar-refractivity contribution in [2.75, 3.05) is 146 Å². The van der Waals surface area contributed by atoms with Crippen LogP contribution in [0.25, 0.3) is 22.5 Å². The van der Waals surface area contributed by atoms with Gasteiger partial charge in [-0.3, -0.25) is 0 Å². The maximum absolute atomic E-state index is 12.1. The van der Waals surface area contributed by atoms with Crippen LogP contribution in [-0.2, 0) is 64.1 Å². The summed E-state index contributed by atoms with van der Waals surface area (Å²) in [5, 5.41) is 25.7. The lowest BCUT2D eigenvalue weighted by molar-refractivity contribution is -0.00254. The van der Waals surface area contributed by atoms with E-state index in [2.05, 4.69) is 91.6 Å². The van der Waals surface area contributed by atoms with E-state index in [-0.39, 0.29) is 30.3 Å². The summed E-state index contributed by atoms with van der Waals surface area (Å²) in [5.41, 5.74) is 10.5. The van der Waals surface area contributed by atoms with E-state index in [1.807, 2.05) is 48.8 Å². The van der Waals surface area contributed by atoms with Crippen molar-refractivity contribution in [3.05, 3.63) is 139 Å². The van der Waals surface area contributed by atoms with Gasteiger partial charge in [-0.05, 0) is 83.9 Å². The van der Waals surface area contributed by atoms with E-state index >= 15 is 0 Å². The monoisotopic (exact) mass is 1220 g/mol. The number of likely N-dealkylation sites (N-methyl/N-ethyl adjacent to an activating group) is 2. The first kappa shape index (κ1) is 64.0. The SMILES string of the molecule is CN1Cc2c(Cl)cc(Cl)cc2[C@H](c2cccc(-c3cn(CCOCCOCCOCCOCCNC(=O)NCCOCCOCCOCCOCCn4cc(-c5cccc([C@@H]6CN(C)Cc7c(Cl)cc(Cl)cc76)c5)nn4)nn3)c2)C1.Cl. The summed E-state index contributed by atoms with van der Waals surface area (Å²) in [7, 11) is 4.21. The van der Waals surface area contributed by atoms with Gasteiger partial charge in [-0.15, -0.1) is 22.6 Å². The molecule has 0 saturated heterocycles. The Morgan fingerprint density at radius 2 is 0.864 bits per heavy atom. The molecule has 6 aromatic rings. The van der Waals surface area contributed by atoms with Gasteiger partial charge >= 0.3 is 6.03 Å². The number of hydrogen-bond acceptors (Lipinski definition) is 15. The van der Waals surface area contributed by atoms with E-state index in [0.717, 1.165) is 59.8 Å². The number of benzene rings is 4. The highest BCUT2D eigenvalue weighted by molar-refractivity contribution is 6.35. The molecule has 4 heterocycles. The molecule has 24 heteroatoms. The standard InChI is InChI=1S/C57H72Cl4N10O9.ClH/c1-68-35-49(47-31-45(58)33-53(60)51(47)37-68)41-5-3-7-43(29-41)55-39-70(66-64-55)11-15-75-19-23-79-27-25-77-21-17-73-13-9-62-57(72)63-10-14-74-18-22-78-26-28-80-24-20-76-16-12-71-40-56(65-67-71)44-8-4-6-42(30-44)50-36-69(2)38-52-48(50)32-46(59)34-54(52)61;/h3-8,29-34,39-40,49-50H,9-28,35-38H2,1-2H3,(H2,62,63,72);1H/t49-,50-;/m0./s1. The Bertz CT molecular complexity index is 2680. The van der Waals surface area contributed by atoms with Gasteiger partial charge in [0, 0.05) is 82.3 Å². The molecule has 0 spiro atoms. The molecule has 0 radical (unpaired) electrons. The van der Waals surface area contributed by atoms with Crippen LogP contribution in [0.1, 0.15) is 45.2 Å². The molecule has 19 nitrogen and oxygen atoms in total. The quantitative estimate of drug-likeness (QED) is 0.0367. The summed E-state index contributed by atoms with van der Waals surface area (Å²) in [4.78, 5) is 16.6. The van der Waals surface area contributed by atoms with Crippen molar-refractivity contribution in [3.8, 4) is 22.5 Å². The number of rotatable bonds is 34. The minimum absolute atomic E-state index is 0. The number of urea groups is 1. The van der Waals surface area contributed by atoms with Crippen molar-refractivity contribution in [2.24, 2.45) is 0 Å². The number of hydrogen-bond donors (Lipinski definition) is 2. The first-order chi connectivity index (χ1) is 39.1. The zero-order valence-electron chi connectivity index (χ0n) is 45.9. The summed E-state index contributed by atoms with van der Waals surface area (Å²) in [5.74, 6) is 0.279. The predicted octanol–water partition coefficient (Wildman–Crippen LogP) is 8.53. The van der Waals surface area contributed by atoms with Gasteiger partial charge < -0.3 is 58.3 Å². The Morgan fingerprint density at radius 3 is 1.25 bits per heavy atom. The third kappa shape index (κ3) is 20.4. The number of fused-ring (bicyclic) bond motifs is 2. The van der Waals surface area contributed by atoms with Crippen LogP contribution in [-0.4, -0.2) is 192 Å². The number of nitrogens with zero attached hydrogens (tertiary/aromatic N) is 8. The fraction of sp³-hybridized carbons (Fsp3) is 0.491. The van der Waals surface area contributed by atoms with Crippen molar-refractivity contribution < 1.29 is 42.7 Å². The second-order valence-electron chi connectivity index (χ2n) is 19.5. The number of halogens is 5. The number of nitrogens with one attached hydrogen (secondary N) is 2. The van der Waals surface area contributed by atoms with Crippen LogP contribution < -0.4 is 10.6 Å². The van der Waals surface area contributed by atoms with Crippen LogP contribution in [0.5, 0.6) is 0 Å². The largest absolute Gasteiger partial charge is 0.377 e. The van der Waals surface area contributed by atoms with Gasteiger partial charge in [0.2, 0.25) is 0 Å². The van der Waals surface area contributed by atoms with Gasteiger partial charge in [-0.1, -0.05) is 93.2 Å². The molecular weight excluding hydrogens is 1150 g/mol. The molecule has 2 aromatic heterocycles. The third-order valence-electron chi connectivity index (χ3n) is 13.5. The van der Waals surface area contributed by atoms with Crippen molar-refractivity contribution in [3.63, 3.8) is 0 Å². The fourth-order valence-electron chi connectivity index (χ4n) is 9.55. The highest BCUT2D eigenvalue weighted by Crippen LogP contribution is 2.41. The van der Waals surface area contributed by atoms with E-state index in [1.54, 1.807) is 9.36 Å². The highest BCUT2D eigenvalue weighted by Gasteiger charge is 2.29. The molecule has 2 amide bonds. The van der Waals surface area contributed by atoms with Gasteiger partial charge in [-0.25, -0.2) is 14.2 Å². The van der Waals surface area contributed by atoms with Crippen LogP contribution in [0, 0.1) is 0 Å². The average Bonchev–Trinajstić information content (AvgIpc) is 4.23. The number of aromatic nitrogens is 6. The Labute approximate surface area is 500 Å². The van der Waals surface area contributed by atoms with Crippen molar-refractivity contribution in [2.45, 2.75) is 38.0 Å². The van der Waals surface area contributed by atoms with E-state index in [9.17, 15) is 4.79 Å². The Balaban J connectivity index is 0.00000946. The smallest absolute Gasteiger partial charge is 0.314 e. The molecule has 2 aliphatic heterocycles. The van der Waals surface area contributed by atoms with Gasteiger partial charge in [0.25, 0.3) is 0 Å². The minimum atomic E-state index is -0.289. The summed E-state index contributed by atoms with van der Waals surface area (Å²) < 4.78 is 48.5. The maximum atomic E-state index is 12.1. The summed E-state index contributed by atoms with van der Waals surface area (Å²) in [6, 6.07) is 24.3. The van der Waals surface area contributed by atoms with E-state index < -0.39 is 0 Å².